The molecule has 0 saturated carbocycles. The molecular formula is C22H26N4OS. The number of likely N-dealkylation sites (tertiary alicyclic amines) is 1. The molecule has 146 valence electrons. The van der Waals surface area contributed by atoms with Crippen molar-refractivity contribution in [2.75, 3.05) is 31.6 Å². The summed E-state index contributed by atoms with van der Waals surface area (Å²) in [4.78, 5) is 27.8. The van der Waals surface area contributed by atoms with Crippen molar-refractivity contribution >= 4 is 33.3 Å². The fourth-order valence-corrected chi connectivity index (χ4v) is 4.83. The lowest BCUT2D eigenvalue weighted by Gasteiger charge is -2.31. The molecule has 0 radical (unpaired) electrons. The summed E-state index contributed by atoms with van der Waals surface area (Å²) in [6, 6.07) is 12.5. The van der Waals surface area contributed by atoms with Crippen molar-refractivity contribution in [2.45, 2.75) is 26.2 Å². The first-order chi connectivity index (χ1) is 13.6. The molecule has 0 N–H and O–H groups in total. The number of carbonyl (C=O) groups excluding carboxylic acids is 1. The maximum atomic E-state index is 12.6. The molecule has 1 aromatic carbocycles. The number of carbonyl (C=O) groups is 1. The molecule has 1 amide bonds. The van der Waals surface area contributed by atoms with Crippen LogP contribution in [-0.4, -0.2) is 47.5 Å². The zero-order valence-corrected chi connectivity index (χ0v) is 17.3. The second-order valence-electron chi connectivity index (χ2n) is 7.65. The minimum Gasteiger partial charge on any atom is -0.359 e. The van der Waals surface area contributed by atoms with Gasteiger partial charge in [-0.05, 0) is 30.4 Å². The summed E-state index contributed by atoms with van der Waals surface area (Å²) in [5, 5.41) is 1.05. The van der Waals surface area contributed by atoms with Crippen LogP contribution in [0.5, 0.6) is 0 Å². The number of benzene rings is 1. The molecule has 3 aromatic rings. The monoisotopic (exact) mass is 394 g/mol. The van der Waals surface area contributed by atoms with Gasteiger partial charge in [-0.2, -0.15) is 0 Å². The van der Waals surface area contributed by atoms with Crippen molar-refractivity contribution in [2.24, 2.45) is 5.92 Å². The van der Waals surface area contributed by atoms with Gasteiger partial charge in [0.05, 0.1) is 5.39 Å². The van der Waals surface area contributed by atoms with Gasteiger partial charge in [0.1, 0.15) is 17.0 Å². The summed E-state index contributed by atoms with van der Waals surface area (Å²) in [6.07, 6.45) is 4.48. The van der Waals surface area contributed by atoms with Crippen molar-refractivity contribution in [3.8, 4) is 10.4 Å². The third-order valence-corrected chi connectivity index (χ3v) is 6.49. The highest BCUT2D eigenvalue weighted by Crippen LogP contribution is 2.35. The molecule has 0 aliphatic carbocycles. The first-order valence-electron chi connectivity index (χ1n) is 9.90. The summed E-state index contributed by atoms with van der Waals surface area (Å²) in [7, 11) is 2.01. The number of piperidine rings is 1. The van der Waals surface area contributed by atoms with Gasteiger partial charge in [-0.25, -0.2) is 9.97 Å². The molecule has 3 heterocycles. The molecule has 2 aromatic heterocycles. The molecular weight excluding hydrogens is 368 g/mol. The minimum absolute atomic E-state index is 0.249. The van der Waals surface area contributed by atoms with Crippen LogP contribution in [0.15, 0.2) is 42.7 Å². The first-order valence-corrected chi connectivity index (χ1v) is 10.7. The highest BCUT2D eigenvalue weighted by Gasteiger charge is 2.21. The maximum absolute atomic E-state index is 12.6. The standard InChI is InChI=1S/C22H26N4OS/c1-16-7-6-11-26(14-16)20(27)10-12-25(2)21-18-13-19(17-8-4-3-5-9-17)28-22(18)24-15-23-21/h3-5,8-9,13,15-16H,6-7,10-12,14H2,1-2H3. The predicted octanol–water partition coefficient (Wildman–Crippen LogP) is 4.44. The number of anilines is 1. The van der Waals surface area contributed by atoms with Gasteiger partial charge in [0.2, 0.25) is 5.91 Å². The summed E-state index contributed by atoms with van der Waals surface area (Å²) < 4.78 is 0. The Morgan fingerprint density at radius 3 is 2.89 bits per heavy atom. The van der Waals surface area contributed by atoms with Crippen LogP contribution in [0.25, 0.3) is 20.7 Å². The van der Waals surface area contributed by atoms with Crippen LogP contribution in [0.3, 0.4) is 0 Å². The largest absolute Gasteiger partial charge is 0.359 e. The van der Waals surface area contributed by atoms with Crippen LogP contribution in [0.1, 0.15) is 26.2 Å². The van der Waals surface area contributed by atoms with Crippen LogP contribution in [0.4, 0.5) is 5.82 Å². The van der Waals surface area contributed by atoms with E-state index in [1.54, 1.807) is 17.7 Å². The van der Waals surface area contributed by atoms with Crippen molar-refractivity contribution in [1.82, 2.24) is 14.9 Å². The fourth-order valence-electron chi connectivity index (χ4n) is 3.84. The minimum atomic E-state index is 0.249. The van der Waals surface area contributed by atoms with Crippen molar-refractivity contribution in [3.05, 3.63) is 42.7 Å². The molecule has 1 aliphatic rings. The van der Waals surface area contributed by atoms with Crippen LogP contribution < -0.4 is 4.90 Å². The van der Waals surface area contributed by atoms with Gasteiger partial charge in [-0.1, -0.05) is 37.3 Å². The average Bonchev–Trinajstić information content (AvgIpc) is 3.17. The molecule has 1 unspecified atom stereocenters. The Kier molecular flexibility index (Phi) is 5.57. The molecule has 0 spiro atoms. The van der Waals surface area contributed by atoms with Crippen LogP contribution in [0.2, 0.25) is 0 Å². The topological polar surface area (TPSA) is 49.3 Å². The van der Waals surface area contributed by atoms with Gasteiger partial charge in [0.25, 0.3) is 0 Å². The van der Waals surface area contributed by atoms with E-state index in [2.05, 4.69) is 40.0 Å². The van der Waals surface area contributed by atoms with E-state index in [4.69, 9.17) is 0 Å². The van der Waals surface area contributed by atoms with Crippen LogP contribution in [0, 0.1) is 5.92 Å². The zero-order chi connectivity index (χ0) is 19.5. The van der Waals surface area contributed by atoms with E-state index in [0.29, 0.717) is 18.9 Å². The summed E-state index contributed by atoms with van der Waals surface area (Å²) in [5.74, 6) is 1.75. The van der Waals surface area contributed by atoms with Crippen LogP contribution in [-0.2, 0) is 4.79 Å². The zero-order valence-electron chi connectivity index (χ0n) is 16.5. The van der Waals surface area contributed by atoms with E-state index in [9.17, 15) is 4.79 Å². The number of fused-ring (bicyclic) bond motifs is 1. The van der Waals surface area contributed by atoms with E-state index < -0.39 is 0 Å². The van der Waals surface area contributed by atoms with Gasteiger partial charge >= 0.3 is 0 Å². The van der Waals surface area contributed by atoms with Gasteiger partial charge in [-0.15, -0.1) is 11.3 Å². The third-order valence-electron chi connectivity index (χ3n) is 5.40. The van der Waals surface area contributed by atoms with E-state index in [1.807, 2.05) is 30.1 Å². The van der Waals surface area contributed by atoms with E-state index in [-0.39, 0.29) is 5.91 Å². The van der Waals surface area contributed by atoms with Gasteiger partial charge < -0.3 is 9.80 Å². The summed E-state index contributed by atoms with van der Waals surface area (Å²) in [6.45, 7) is 4.68. The summed E-state index contributed by atoms with van der Waals surface area (Å²) in [5.41, 5.74) is 1.19. The van der Waals surface area contributed by atoms with Gasteiger partial charge in [-0.3, -0.25) is 4.79 Å². The van der Waals surface area contributed by atoms with E-state index in [0.717, 1.165) is 35.5 Å². The Balaban J connectivity index is 1.49. The average molecular weight is 395 g/mol. The van der Waals surface area contributed by atoms with Gasteiger partial charge in [0, 0.05) is 38.0 Å². The van der Waals surface area contributed by atoms with Crippen LogP contribution >= 0.6 is 11.3 Å². The summed E-state index contributed by atoms with van der Waals surface area (Å²) >= 11 is 1.68. The number of rotatable bonds is 5. The first kappa shape index (κ1) is 18.9. The fraction of sp³-hybridized carbons (Fsp3) is 0.409. The number of hydrogen-bond donors (Lipinski definition) is 0. The Morgan fingerprint density at radius 1 is 1.29 bits per heavy atom. The van der Waals surface area contributed by atoms with Crippen molar-refractivity contribution < 1.29 is 4.79 Å². The lowest BCUT2D eigenvalue weighted by atomic mass is 10.00. The number of aromatic nitrogens is 2. The molecule has 1 aliphatic heterocycles. The number of nitrogens with zero attached hydrogens (tertiary/aromatic N) is 4. The Morgan fingerprint density at radius 2 is 2.11 bits per heavy atom. The quantitative estimate of drug-likeness (QED) is 0.642. The Labute approximate surface area is 170 Å². The second kappa shape index (κ2) is 8.27. The van der Waals surface area contributed by atoms with Crippen molar-refractivity contribution in [3.63, 3.8) is 0 Å². The molecule has 1 atom stereocenters. The molecule has 6 heteroatoms. The van der Waals surface area contributed by atoms with Gasteiger partial charge in [0.15, 0.2) is 0 Å². The van der Waals surface area contributed by atoms with E-state index >= 15 is 0 Å². The lowest BCUT2D eigenvalue weighted by Crippen LogP contribution is -2.40. The molecule has 1 saturated heterocycles. The highest BCUT2D eigenvalue weighted by atomic mass is 32.1. The highest BCUT2D eigenvalue weighted by molar-refractivity contribution is 7.21. The Hall–Kier alpha value is -2.47. The molecule has 5 nitrogen and oxygen atoms in total. The third kappa shape index (κ3) is 4.02. The second-order valence-corrected chi connectivity index (χ2v) is 8.68. The number of thiophene rings is 1. The smallest absolute Gasteiger partial charge is 0.224 e. The molecule has 0 bridgehead atoms. The normalized spacial score (nSPS) is 17.1. The number of amides is 1. The number of hydrogen-bond acceptors (Lipinski definition) is 5. The SMILES string of the molecule is CC1CCCN(C(=O)CCN(C)c2ncnc3sc(-c4ccccc4)cc23)C1. The molecule has 4 rings (SSSR count). The molecule has 28 heavy (non-hydrogen) atoms. The predicted molar refractivity (Wildman–Crippen MR) is 116 cm³/mol. The van der Waals surface area contributed by atoms with Crippen molar-refractivity contribution in [1.29, 1.82) is 0 Å². The Bertz CT molecular complexity index is 956. The van der Waals surface area contributed by atoms with E-state index in [1.165, 1.54) is 16.9 Å². The lowest BCUT2D eigenvalue weighted by molar-refractivity contribution is -0.132. The maximum Gasteiger partial charge on any atom is 0.224 e. The molecule has 1 fully saturated rings.